The summed E-state index contributed by atoms with van der Waals surface area (Å²) < 4.78 is 69.9. The Morgan fingerprint density at radius 2 is 1.67 bits per heavy atom. The van der Waals surface area contributed by atoms with Crippen molar-refractivity contribution in [1.82, 2.24) is 4.72 Å². The lowest BCUT2D eigenvalue weighted by Gasteiger charge is -2.27. The first-order valence-electron chi connectivity index (χ1n) is 10.5. The predicted molar refractivity (Wildman–Crippen MR) is 121 cm³/mol. The second-order valence-electron chi connectivity index (χ2n) is 8.17. The Morgan fingerprint density at radius 1 is 0.879 bits per heavy atom. The van der Waals surface area contributed by atoms with Crippen LogP contribution in [0.1, 0.15) is 17.5 Å². The Labute approximate surface area is 189 Å². The number of alkyl halides is 3. The van der Waals surface area contributed by atoms with Crippen molar-refractivity contribution in [2.75, 3.05) is 0 Å². The zero-order chi connectivity index (χ0) is 23.2. The van der Waals surface area contributed by atoms with E-state index < -0.39 is 22.1 Å². The summed E-state index contributed by atoms with van der Waals surface area (Å²) in [5, 5.41) is 4.49. The number of aryl methyl sites for hydroxylation is 1. The maximum atomic E-state index is 12.9. The molecule has 1 unspecified atom stereocenters. The van der Waals surface area contributed by atoms with Crippen molar-refractivity contribution in [2.45, 2.75) is 36.6 Å². The van der Waals surface area contributed by atoms with Gasteiger partial charge in [-0.3, -0.25) is 0 Å². The van der Waals surface area contributed by atoms with Gasteiger partial charge in [0.1, 0.15) is 5.75 Å². The minimum absolute atomic E-state index is 0.265. The van der Waals surface area contributed by atoms with E-state index in [0.29, 0.717) is 19.3 Å². The van der Waals surface area contributed by atoms with E-state index in [-0.39, 0.29) is 10.9 Å². The van der Waals surface area contributed by atoms with Crippen LogP contribution in [0.2, 0.25) is 0 Å². The second kappa shape index (κ2) is 8.04. The van der Waals surface area contributed by atoms with Crippen LogP contribution in [-0.2, 0) is 22.9 Å². The van der Waals surface area contributed by atoms with Crippen LogP contribution >= 0.6 is 0 Å². The van der Waals surface area contributed by atoms with Gasteiger partial charge >= 0.3 is 6.36 Å². The van der Waals surface area contributed by atoms with Crippen molar-refractivity contribution in [1.29, 1.82) is 0 Å². The standard InChI is InChI=1S/C25H20F3NO3S/c26-25(27,28)32-19-5-3-6-20(15-19)33(30,31)29-18-11-8-17-10-12-22-21-7-2-1-4-16(21)9-13-23(22)24(17)14-18/h1-7,9-10,12-13,15,18,29H,8,11,14H2. The van der Waals surface area contributed by atoms with Crippen LogP contribution in [0.15, 0.2) is 77.7 Å². The second-order valence-corrected chi connectivity index (χ2v) is 9.88. The van der Waals surface area contributed by atoms with E-state index in [1.54, 1.807) is 0 Å². The molecule has 170 valence electrons. The number of hydrogen-bond acceptors (Lipinski definition) is 3. The predicted octanol–water partition coefficient (Wildman–Crippen LogP) is 5.73. The van der Waals surface area contributed by atoms with Crippen molar-refractivity contribution < 1.29 is 26.3 Å². The summed E-state index contributed by atoms with van der Waals surface area (Å²) in [6, 6.07) is 20.5. The lowest BCUT2D eigenvalue weighted by Crippen LogP contribution is -2.38. The summed E-state index contributed by atoms with van der Waals surface area (Å²) in [4.78, 5) is -0.265. The number of hydrogen-bond donors (Lipinski definition) is 1. The Balaban J connectivity index is 1.44. The molecule has 0 saturated heterocycles. The normalized spacial score (nSPS) is 16.6. The molecule has 0 bridgehead atoms. The largest absolute Gasteiger partial charge is 0.573 e. The number of ether oxygens (including phenoxy) is 1. The Kier molecular flexibility index (Phi) is 5.29. The number of benzene rings is 4. The van der Waals surface area contributed by atoms with E-state index in [4.69, 9.17) is 0 Å². The van der Waals surface area contributed by atoms with Gasteiger partial charge in [0.05, 0.1) is 4.90 Å². The maximum absolute atomic E-state index is 12.9. The van der Waals surface area contributed by atoms with Crippen LogP contribution in [0.3, 0.4) is 0 Å². The summed E-state index contributed by atoms with van der Waals surface area (Å²) in [6.45, 7) is 0. The lowest BCUT2D eigenvalue weighted by atomic mass is 9.84. The Hall–Kier alpha value is -3.10. The number of sulfonamides is 1. The molecule has 1 N–H and O–H groups in total. The van der Waals surface area contributed by atoms with Gasteiger partial charge in [-0.05, 0) is 64.1 Å². The molecule has 33 heavy (non-hydrogen) atoms. The van der Waals surface area contributed by atoms with E-state index in [1.807, 2.05) is 12.1 Å². The van der Waals surface area contributed by atoms with Gasteiger partial charge in [-0.25, -0.2) is 13.1 Å². The zero-order valence-electron chi connectivity index (χ0n) is 17.4. The SMILES string of the molecule is O=S(=O)(NC1CCc2ccc3c(ccc4ccccc43)c2C1)c1cccc(OC(F)(F)F)c1. The topological polar surface area (TPSA) is 55.4 Å². The average molecular weight is 472 g/mol. The third-order valence-corrected chi connectivity index (χ3v) is 7.54. The van der Waals surface area contributed by atoms with Gasteiger partial charge in [0.25, 0.3) is 0 Å². The van der Waals surface area contributed by atoms with Crippen molar-refractivity contribution in [3.8, 4) is 5.75 Å². The van der Waals surface area contributed by atoms with Crippen LogP contribution in [0.5, 0.6) is 5.75 Å². The van der Waals surface area contributed by atoms with Gasteiger partial charge in [0.2, 0.25) is 10.0 Å². The van der Waals surface area contributed by atoms with Crippen molar-refractivity contribution in [3.63, 3.8) is 0 Å². The fourth-order valence-corrected chi connectivity index (χ4v) is 5.88. The molecule has 4 nitrogen and oxygen atoms in total. The van der Waals surface area contributed by atoms with Crippen LogP contribution in [0.25, 0.3) is 21.5 Å². The van der Waals surface area contributed by atoms with Crippen molar-refractivity contribution in [3.05, 3.63) is 83.9 Å². The van der Waals surface area contributed by atoms with Gasteiger partial charge in [-0.1, -0.05) is 54.6 Å². The molecule has 0 heterocycles. The highest BCUT2D eigenvalue weighted by Gasteiger charge is 2.32. The molecule has 1 aliphatic rings. The van der Waals surface area contributed by atoms with Crippen molar-refractivity contribution >= 4 is 31.6 Å². The van der Waals surface area contributed by atoms with E-state index in [9.17, 15) is 21.6 Å². The molecular formula is C25H20F3NO3S. The highest BCUT2D eigenvalue weighted by molar-refractivity contribution is 7.89. The molecule has 4 aromatic carbocycles. The van der Waals surface area contributed by atoms with Crippen LogP contribution < -0.4 is 9.46 Å². The monoisotopic (exact) mass is 471 g/mol. The molecule has 8 heteroatoms. The molecule has 1 atom stereocenters. The quantitative estimate of drug-likeness (QED) is 0.387. The zero-order valence-corrected chi connectivity index (χ0v) is 18.2. The van der Waals surface area contributed by atoms with Gasteiger partial charge < -0.3 is 4.74 Å². The smallest absolute Gasteiger partial charge is 0.406 e. The highest BCUT2D eigenvalue weighted by atomic mass is 32.2. The third-order valence-electron chi connectivity index (χ3n) is 6.02. The molecule has 4 aromatic rings. The first-order chi connectivity index (χ1) is 15.7. The number of fused-ring (bicyclic) bond motifs is 5. The van der Waals surface area contributed by atoms with Gasteiger partial charge in [0, 0.05) is 12.1 Å². The summed E-state index contributed by atoms with van der Waals surface area (Å²) in [6.07, 6.45) is -3.08. The fourth-order valence-electron chi connectivity index (χ4n) is 4.58. The number of nitrogens with one attached hydrogen (secondary N) is 1. The van der Waals surface area contributed by atoms with Gasteiger partial charge in [0.15, 0.2) is 0 Å². The number of rotatable bonds is 4. The van der Waals surface area contributed by atoms with E-state index in [2.05, 4.69) is 45.9 Å². The van der Waals surface area contributed by atoms with Crippen LogP contribution in [0, 0.1) is 0 Å². The molecular weight excluding hydrogens is 451 g/mol. The first kappa shape index (κ1) is 21.7. The molecule has 0 spiro atoms. The highest BCUT2D eigenvalue weighted by Crippen LogP contribution is 2.34. The molecule has 0 radical (unpaired) electrons. The lowest BCUT2D eigenvalue weighted by molar-refractivity contribution is -0.274. The van der Waals surface area contributed by atoms with Crippen molar-refractivity contribution in [2.24, 2.45) is 0 Å². The Bertz CT molecular complexity index is 1470. The Morgan fingerprint density at radius 3 is 2.48 bits per heavy atom. The first-order valence-corrected chi connectivity index (χ1v) is 12.0. The molecule has 0 aromatic heterocycles. The summed E-state index contributed by atoms with van der Waals surface area (Å²) in [5.41, 5.74) is 2.29. The van der Waals surface area contributed by atoms with E-state index in [0.717, 1.165) is 39.2 Å². The minimum Gasteiger partial charge on any atom is -0.406 e. The average Bonchev–Trinajstić information content (AvgIpc) is 2.77. The number of halogens is 3. The molecule has 0 fully saturated rings. The third kappa shape index (κ3) is 4.41. The van der Waals surface area contributed by atoms with E-state index in [1.165, 1.54) is 17.7 Å². The summed E-state index contributed by atoms with van der Waals surface area (Å²) in [7, 11) is -4.03. The molecule has 0 aliphatic heterocycles. The van der Waals surface area contributed by atoms with E-state index >= 15 is 0 Å². The molecule has 0 saturated carbocycles. The van der Waals surface area contributed by atoms with Gasteiger partial charge in [-0.2, -0.15) is 0 Å². The maximum Gasteiger partial charge on any atom is 0.573 e. The fraction of sp³-hybridized carbons (Fsp3) is 0.200. The summed E-state index contributed by atoms with van der Waals surface area (Å²) >= 11 is 0. The van der Waals surface area contributed by atoms with Crippen LogP contribution in [0.4, 0.5) is 13.2 Å². The summed E-state index contributed by atoms with van der Waals surface area (Å²) in [5.74, 6) is -0.572. The molecule has 0 amide bonds. The van der Waals surface area contributed by atoms with Crippen LogP contribution in [-0.4, -0.2) is 20.8 Å². The molecule has 1 aliphatic carbocycles. The molecule has 5 rings (SSSR count). The minimum atomic E-state index is -4.89. The van der Waals surface area contributed by atoms with Gasteiger partial charge in [-0.15, -0.1) is 13.2 Å².